The van der Waals surface area contributed by atoms with Gasteiger partial charge in [0, 0.05) is 24.7 Å². The van der Waals surface area contributed by atoms with Crippen molar-refractivity contribution in [2.75, 3.05) is 4.90 Å². The normalized spacial score (nSPS) is 10.9. The van der Waals surface area contributed by atoms with Crippen LogP contribution in [0, 0.1) is 11.6 Å². The standard InChI is InChI=1S/C18H11F2N5OS/c19-11-7-13(20)16-15(8-11)27-18(24-16)25(10-12-3-1-2-4-22-12)17(26)14-9-21-5-6-23-14/h1-9H,10H2. The smallest absolute Gasteiger partial charge is 0.276 e. The van der Waals surface area contributed by atoms with Gasteiger partial charge < -0.3 is 0 Å². The maximum absolute atomic E-state index is 14.0. The molecule has 0 bridgehead atoms. The van der Waals surface area contributed by atoms with E-state index in [1.807, 2.05) is 0 Å². The lowest BCUT2D eigenvalue weighted by atomic mass is 10.3. The number of amides is 1. The van der Waals surface area contributed by atoms with Crippen LogP contribution in [0.15, 0.2) is 55.1 Å². The molecule has 0 atom stereocenters. The van der Waals surface area contributed by atoms with Crippen LogP contribution in [0.5, 0.6) is 0 Å². The van der Waals surface area contributed by atoms with Crippen LogP contribution in [0.25, 0.3) is 10.2 Å². The number of nitrogens with zero attached hydrogens (tertiary/aromatic N) is 5. The minimum absolute atomic E-state index is 0.00867. The lowest BCUT2D eigenvalue weighted by molar-refractivity contribution is 0.0979. The lowest BCUT2D eigenvalue weighted by Gasteiger charge is -2.18. The lowest BCUT2D eigenvalue weighted by Crippen LogP contribution is -2.31. The Kier molecular flexibility index (Phi) is 4.51. The monoisotopic (exact) mass is 383 g/mol. The summed E-state index contributed by atoms with van der Waals surface area (Å²) in [6, 6.07) is 7.25. The van der Waals surface area contributed by atoms with Gasteiger partial charge in [-0.05, 0) is 18.2 Å². The van der Waals surface area contributed by atoms with Crippen LogP contribution in [-0.2, 0) is 6.54 Å². The SMILES string of the molecule is O=C(c1cnccn1)N(Cc1ccccn1)c1nc2c(F)cc(F)cc2s1. The summed E-state index contributed by atoms with van der Waals surface area (Å²) in [6.07, 6.45) is 5.80. The zero-order valence-electron chi connectivity index (χ0n) is 13.7. The first kappa shape index (κ1) is 17.1. The number of carbonyl (C=O) groups excluding carboxylic acids is 1. The molecule has 4 aromatic rings. The molecule has 27 heavy (non-hydrogen) atoms. The van der Waals surface area contributed by atoms with Crippen LogP contribution in [0.1, 0.15) is 16.2 Å². The Balaban J connectivity index is 1.80. The Morgan fingerprint density at radius 2 is 2.00 bits per heavy atom. The van der Waals surface area contributed by atoms with Gasteiger partial charge in [-0.25, -0.2) is 18.7 Å². The first-order chi connectivity index (χ1) is 13.1. The highest BCUT2D eigenvalue weighted by atomic mass is 32.1. The third kappa shape index (κ3) is 3.49. The van der Waals surface area contributed by atoms with Crippen LogP contribution < -0.4 is 4.90 Å². The van der Waals surface area contributed by atoms with E-state index >= 15 is 0 Å². The topological polar surface area (TPSA) is 71.9 Å². The number of anilines is 1. The number of hydrogen-bond donors (Lipinski definition) is 0. The number of aromatic nitrogens is 4. The van der Waals surface area contributed by atoms with Crippen LogP contribution in [0.2, 0.25) is 0 Å². The van der Waals surface area contributed by atoms with E-state index in [-0.39, 0.29) is 22.9 Å². The van der Waals surface area contributed by atoms with Crippen molar-refractivity contribution in [3.8, 4) is 0 Å². The van der Waals surface area contributed by atoms with Crippen molar-refractivity contribution in [3.63, 3.8) is 0 Å². The molecule has 0 fully saturated rings. The molecule has 0 N–H and O–H groups in total. The summed E-state index contributed by atoms with van der Waals surface area (Å²) < 4.78 is 27.9. The molecule has 9 heteroatoms. The third-order valence-electron chi connectivity index (χ3n) is 3.71. The second kappa shape index (κ2) is 7.12. The largest absolute Gasteiger partial charge is 0.280 e. The molecular weight excluding hydrogens is 372 g/mol. The molecule has 0 aliphatic rings. The van der Waals surface area contributed by atoms with E-state index in [4.69, 9.17) is 0 Å². The second-order valence-corrected chi connectivity index (χ2v) is 6.54. The van der Waals surface area contributed by atoms with Gasteiger partial charge in [0.1, 0.15) is 17.0 Å². The fourth-order valence-corrected chi connectivity index (χ4v) is 3.49. The predicted molar refractivity (Wildman–Crippen MR) is 96.3 cm³/mol. The van der Waals surface area contributed by atoms with Gasteiger partial charge in [0.2, 0.25) is 0 Å². The van der Waals surface area contributed by atoms with E-state index in [1.54, 1.807) is 24.4 Å². The average Bonchev–Trinajstić information content (AvgIpc) is 3.11. The fraction of sp³-hybridized carbons (Fsp3) is 0.0556. The van der Waals surface area contributed by atoms with E-state index in [1.165, 1.54) is 29.6 Å². The van der Waals surface area contributed by atoms with Crippen molar-refractivity contribution in [2.24, 2.45) is 0 Å². The molecule has 0 unspecified atom stereocenters. The molecule has 0 aliphatic heterocycles. The van der Waals surface area contributed by atoms with Gasteiger partial charge in [-0.15, -0.1) is 0 Å². The minimum atomic E-state index is -0.780. The van der Waals surface area contributed by atoms with Gasteiger partial charge in [0.15, 0.2) is 10.9 Å². The number of halogens is 2. The van der Waals surface area contributed by atoms with Gasteiger partial charge in [-0.1, -0.05) is 17.4 Å². The van der Waals surface area contributed by atoms with Crippen molar-refractivity contribution in [1.82, 2.24) is 19.9 Å². The molecule has 6 nitrogen and oxygen atoms in total. The number of hydrogen-bond acceptors (Lipinski definition) is 6. The van der Waals surface area contributed by atoms with Gasteiger partial charge >= 0.3 is 0 Å². The zero-order valence-corrected chi connectivity index (χ0v) is 14.5. The van der Waals surface area contributed by atoms with Gasteiger partial charge in [0.25, 0.3) is 5.91 Å². The number of pyridine rings is 1. The van der Waals surface area contributed by atoms with E-state index in [0.717, 1.165) is 17.4 Å². The summed E-state index contributed by atoms with van der Waals surface area (Å²) in [5, 5.41) is 0.218. The number of rotatable bonds is 4. The molecule has 0 radical (unpaired) electrons. The fourth-order valence-electron chi connectivity index (χ4n) is 2.49. The maximum atomic E-state index is 14.0. The average molecular weight is 383 g/mol. The minimum Gasteiger partial charge on any atom is -0.276 e. The highest BCUT2D eigenvalue weighted by molar-refractivity contribution is 7.22. The zero-order chi connectivity index (χ0) is 18.8. The molecule has 3 aromatic heterocycles. The molecule has 1 amide bonds. The molecule has 0 aliphatic carbocycles. The van der Waals surface area contributed by atoms with Crippen molar-refractivity contribution in [3.05, 3.63) is 78.1 Å². The van der Waals surface area contributed by atoms with Gasteiger partial charge in [0.05, 0.1) is 23.1 Å². The van der Waals surface area contributed by atoms with Crippen molar-refractivity contribution < 1.29 is 13.6 Å². The second-order valence-electron chi connectivity index (χ2n) is 5.53. The molecule has 0 saturated heterocycles. The first-order valence-corrected chi connectivity index (χ1v) is 8.67. The van der Waals surface area contributed by atoms with E-state index in [2.05, 4.69) is 19.9 Å². The first-order valence-electron chi connectivity index (χ1n) is 7.85. The Morgan fingerprint density at radius 3 is 2.74 bits per heavy atom. The summed E-state index contributed by atoms with van der Waals surface area (Å²) >= 11 is 1.01. The van der Waals surface area contributed by atoms with Crippen molar-refractivity contribution in [2.45, 2.75) is 6.54 Å². The van der Waals surface area contributed by atoms with Crippen LogP contribution >= 0.6 is 11.3 Å². The summed E-state index contributed by atoms with van der Waals surface area (Å²) in [5.41, 5.74) is 0.731. The predicted octanol–water partition coefficient (Wildman–Crippen LogP) is 3.61. The number of fused-ring (bicyclic) bond motifs is 1. The quantitative estimate of drug-likeness (QED) is 0.538. The van der Waals surface area contributed by atoms with Crippen molar-refractivity contribution >= 4 is 32.6 Å². The van der Waals surface area contributed by atoms with E-state index in [9.17, 15) is 13.6 Å². The number of carbonyl (C=O) groups is 1. The Labute approximate surface area is 156 Å². The highest BCUT2D eigenvalue weighted by Gasteiger charge is 2.24. The van der Waals surface area contributed by atoms with Gasteiger partial charge in [-0.2, -0.15) is 0 Å². The maximum Gasteiger partial charge on any atom is 0.280 e. The molecule has 134 valence electrons. The summed E-state index contributed by atoms with van der Waals surface area (Å²) in [7, 11) is 0. The molecule has 3 heterocycles. The van der Waals surface area contributed by atoms with Crippen LogP contribution in [0.4, 0.5) is 13.9 Å². The summed E-state index contributed by atoms with van der Waals surface area (Å²) in [6.45, 7) is 0.0974. The van der Waals surface area contributed by atoms with Crippen LogP contribution in [0.3, 0.4) is 0 Å². The van der Waals surface area contributed by atoms with E-state index < -0.39 is 17.5 Å². The number of thiazole rings is 1. The third-order valence-corrected chi connectivity index (χ3v) is 4.73. The highest BCUT2D eigenvalue weighted by Crippen LogP contribution is 2.32. The molecule has 4 rings (SSSR count). The summed E-state index contributed by atoms with van der Waals surface area (Å²) in [5.74, 6) is -1.95. The summed E-state index contributed by atoms with van der Waals surface area (Å²) in [4.78, 5) is 30.6. The van der Waals surface area contributed by atoms with Crippen LogP contribution in [-0.4, -0.2) is 25.8 Å². The Morgan fingerprint density at radius 1 is 1.11 bits per heavy atom. The van der Waals surface area contributed by atoms with E-state index in [0.29, 0.717) is 10.4 Å². The van der Waals surface area contributed by atoms with Gasteiger partial charge in [-0.3, -0.25) is 19.7 Å². The Bertz CT molecular complexity index is 1100. The Hall–Kier alpha value is -3.33. The molecule has 1 aromatic carbocycles. The van der Waals surface area contributed by atoms with Crippen molar-refractivity contribution in [1.29, 1.82) is 0 Å². The molecular formula is C18H11F2N5OS. The molecule has 0 spiro atoms. The molecule has 0 saturated carbocycles. The number of benzene rings is 1.